The number of hydrogen-bond acceptors (Lipinski definition) is 3. The predicted octanol–water partition coefficient (Wildman–Crippen LogP) is 1.76. The molecule has 0 aliphatic rings. The smallest absolute Gasteiger partial charge is 0.200 e. The van der Waals surface area contributed by atoms with E-state index < -0.39 is 0 Å². The highest BCUT2D eigenvalue weighted by Crippen LogP contribution is 2.07. The lowest BCUT2D eigenvalue weighted by Crippen LogP contribution is -2.04. The first-order chi connectivity index (χ1) is 7.25. The molecule has 0 amide bonds. The van der Waals surface area contributed by atoms with Gasteiger partial charge in [0.1, 0.15) is 5.15 Å². The van der Waals surface area contributed by atoms with Gasteiger partial charge in [-0.25, -0.2) is 9.97 Å². The zero-order chi connectivity index (χ0) is 10.7. The molecule has 78 valence electrons. The molecule has 2 aromatic rings. The summed E-state index contributed by atoms with van der Waals surface area (Å²) in [5.74, 6) is 0.539. The Balaban J connectivity index is 1.99. The van der Waals surface area contributed by atoms with Crippen LogP contribution in [0.5, 0.6) is 0 Å². The molecule has 15 heavy (non-hydrogen) atoms. The van der Waals surface area contributed by atoms with Gasteiger partial charge in [0.25, 0.3) is 0 Å². The number of anilines is 1. The van der Waals surface area contributed by atoms with Crippen molar-refractivity contribution in [1.29, 1.82) is 0 Å². The summed E-state index contributed by atoms with van der Waals surface area (Å²) in [7, 11) is 0. The van der Waals surface area contributed by atoms with Crippen LogP contribution in [0.25, 0.3) is 0 Å². The van der Waals surface area contributed by atoms with Crippen LogP contribution in [0, 0.1) is 0 Å². The van der Waals surface area contributed by atoms with Crippen LogP contribution in [-0.4, -0.2) is 14.5 Å². The summed E-state index contributed by atoms with van der Waals surface area (Å²) in [5.41, 5.74) is 6.78. The van der Waals surface area contributed by atoms with Gasteiger partial charge in [0.15, 0.2) is 5.95 Å². The number of nitrogen functional groups attached to an aromatic ring is 1. The van der Waals surface area contributed by atoms with Gasteiger partial charge in [0, 0.05) is 25.1 Å². The molecule has 0 aliphatic carbocycles. The molecular formula is C10H11ClN4. The summed E-state index contributed by atoms with van der Waals surface area (Å²) in [4.78, 5) is 7.96. The summed E-state index contributed by atoms with van der Waals surface area (Å²) in [6.07, 6.45) is 6.19. The van der Waals surface area contributed by atoms with Crippen LogP contribution in [-0.2, 0) is 13.0 Å². The van der Waals surface area contributed by atoms with Crippen molar-refractivity contribution in [2.24, 2.45) is 0 Å². The Bertz CT molecular complexity index is 435. The van der Waals surface area contributed by atoms with E-state index in [1.54, 1.807) is 18.5 Å². The lowest BCUT2D eigenvalue weighted by molar-refractivity contribution is 0.704. The lowest BCUT2D eigenvalue weighted by Gasteiger charge is -2.04. The second kappa shape index (κ2) is 4.31. The number of hydrogen-bond donors (Lipinski definition) is 1. The second-order valence-corrected chi connectivity index (χ2v) is 3.61. The van der Waals surface area contributed by atoms with Gasteiger partial charge in [-0.3, -0.25) is 0 Å². The summed E-state index contributed by atoms with van der Waals surface area (Å²) < 4.78 is 1.90. The van der Waals surface area contributed by atoms with Crippen molar-refractivity contribution >= 4 is 17.5 Å². The molecule has 2 heterocycles. The van der Waals surface area contributed by atoms with E-state index in [4.69, 9.17) is 17.3 Å². The Kier molecular flexibility index (Phi) is 2.87. The molecule has 0 aromatic carbocycles. The minimum Gasteiger partial charge on any atom is -0.369 e. The maximum Gasteiger partial charge on any atom is 0.200 e. The lowest BCUT2D eigenvalue weighted by atomic mass is 10.2. The van der Waals surface area contributed by atoms with E-state index in [1.165, 1.54) is 0 Å². The molecule has 0 atom stereocenters. The third-order valence-corrected chi connectivity index (χ3v) is 2.40. The molecular weight excluding hydrogens is 212 g/mol. The number of imidazole rings is 1. The summed E-state index contributed by atoms with van der Waals surface area (Å²) >= 11 is 5.69. The van der Waals surface area contributed by atoms with E-state index >= 15 is 0 Å². The highest BCUT2D eigenvalue weighted by molar-refractivity contribution is 6.29. The number of halogens is 1. The van der Waals surface area contributed by atoms with Crippen LogP contribution in [0.4, 0.5) is 5.95 Å². The minimum atomic E-state index is 0.515. The predicted molar refractivity (Wildman–Crippen MR) is 59.6 cm³/mol. The van der Waals surface area contributed by atoms with Crippen molar-refractivity contribution in [3.05, 3.63) is 41.4 Å². The number of rotatable bonds is 3. The number of pyridine rings is 1. The first kappa shape index (κ1) is 9.98. The van der Waals surface area contributed by atoms with Crippen LogP contribution in [0.1, 0.15) is 5.56 Å². The molecule has 0 spiro atoms. The van der Waals surface area contributed by atoms with E-state index in [9.17, 15) is 0 Å². The average Bonchev–Trinajstić information content (AvgIpc) is 2.63. The van der Waals surface area contributed by atoms with E-state index in [0.717, 1.165) is 18.5 Å². The summed E-state index contributed by atoms with van der Waals surface area (Å²) in [6, 6.07) is 3.75. The van der Waals surface area contributed by atoms with Gasteiger partial charge in [-0.15, -0.1) is 0 Å². The molecule has 0 radical (unpaired) electrons. The SMILES string of the molecule is Nc1nccn1CCc1ccc(Cl)nc1. The molecule has 0 saturated carbocycles. The number of aryl methyl sites for hydroxylation is 2. The van der Waals surface area contributed by atoms with Gasteiger partial charge >= 0.3 is 0 Å². The van der Waals surface area contributed by atoms with Crippen molar-refractivity contribution in [2.45, 2.75) is 13.0 Å². The fourth-order valence-electron chi connectivity index (χ4n) is 1.33. The second-order valence-electron chi connectivity index (χ2n) is 3.22. The highest BCUT2D eigenvalue weighted by atomic mass is 35.5. The Morgan fingerprint density at radius 3 is 2.80 bits per heavy atom. The average molecular weight is 223 g/mol. The molecule has 4 nitrogen and oxygen atoms in total. The molecule has 2 rings (SSSR count). The maximum atomic E-state index is 5.69. The van der Waals surface area contributed by atoms with Gasteiger partial charge in [-0.05, 0) is 18.1 Å². The van der Waals surface area contributed by atoms with E-state index in [-0.39, 0.29) is 0 Å². The van der Waals surface area contributed by atoms with E-state index in [0.29, 0.717) is 11.1 Å². The van der Waals surface area contributed by atoms with Crippen LogP contribution in [0.3, 0.4) is 0 Å². The van der Waals surface area contributed by atoms with Gasteiger partial charge in [-0.2, -0.15) is 0 Å². The maximum absolute atomic E-state index is 5.69. The van der Waals surface area contributed by atoms with Crippen LogP contribution in [0.2, 0.25) is 5.15 Å². The largest absolute Gasteiger partial charge is 0.369 e. The number of nitrogens with zero attached hydrogens (tertiary/aromatic N) is 3. The standard InChI is InChI=1S/C10H11ClN4/c11-9-2-1-8(7-14-9)3-5-15-6-4-13-10(15)12/h1-2,4,6-7H,3,5H2,(H2,12,13). The zero-order valence-electron chi connectivity index (χ0n) is 8.10. The molecule has 0 saturated heterocycles. The molecule has 5 heteroatoms. The van der Waals surface area contributed by atoms with Gasteiger partial charge in [-0.1, -0.05) is 17.7 Å². The number of aromatic nitrogens is 3. The molecule has 0 bridgehead atoms. The molecule has 0 fully saturated rings. The number of nitrogens with two attached hydrogens (primary N) is 1. The van der Waals surface area contributed by atoms with E-state index in [1.807, 2.05) is 16.8 Å². The van der Waals surface area contributed by atoms with Crippen LogP contribution < -0.4 is 5.73 Å². The topological polar surface area (TPSA) is 56.7 Å². The fourth-order valence-corrected chi connectivity index (χ4v) is 1.45. The third-order valence-electron chi connectivity index (χ3n) is 2.18. The van der Waals surface area contributed by atoms with Gasteiger partial charge in [0.05, 0.1) is 0 Å². The quantitative estimate of drug-likeness (QED) is 0.806. The van der Waals surface area contributed by atoms with Gasteiger partial charge in [0.2, 0.25) is 0 Å². The van der Waals surface area contributed by atoms with Crippen molar-refractivity contribution in [3.63, 3.8) is 0 Å². The highest BCUT2D eigenvalue weighted by Gasteiger charge is 1.98. The normalized spacial score (nSPS) is 10.5. The first-order valence-corrected chi connectivity index (χ1v) is 5.00. The Hall–Kier alpha value is -1.55. The molecule has 0 unspecified atom stereocenters. The first-order valence-electron chi connectivity index (χ1n) is 4.63. The van der Waals surface area contributed by atoms with E-state index in [2.05, 4.69) is 9.97 Å². The Morgan fingerprint density at radius 1 is 1.33 bits per heavy atom. The Morgan fingerprint density at radius 2 is 2.20 bits per heavy atom. The van der Waals surface area contributed by atoms with Crippen molar-refractivity contribution in [3.8, 4) is 0 Å². The van der Waals surface area contributed by atoms with Crippen molar-refractivity contribution in [1.82, 2.24) is 14.5 Å². The molecule has 2 N–H and O–H groups in total. The van der Waals surface area contributed by atoms with Crippen molar-refractivity contribution < 1.29 is 0 Å². The van der Waals surface area contributed by atoms with Crippen LogP contribution in [0.15, 0.2) is 30.7 Å². The molecule has 0 aliphatic heterocycles. The molecule has 2 aromatic heterocycles. The Labute approximate surface area is 92.7 Å². The fraction of sp³-hybridized carbons (Fsp3) is 0.200. The van der Waals surface area contributed by atoms with Crippen molar-refractivity contribution in [2.75, 3.05) is 5.73 Å². The zero-order valence-corrected chi connectivity index (χ0v) is 8.85. The minimum absolute atomic E-state index is 0.515. The third kappa shape index (κ3) is 2.47. The van der Waals surface area contributed by atoms with Crippen LogP contribution >= 0.6 is 11.6 Å². The van der Waals surface area contributed by atoms with Gasteiger partial charge < -0.3 is 10.3 Å². The monoisotopic (exact) mass is 222 g/mol. The summed E-state index contributed by atoms with van der Waals surface area (Å²) in [5, 5.41) is 0.515. The summed E-state index contributed by atoms with van der Waals surface area (Å²) in [6.45, 7) is 0.801.